The Morgan fingerprint density at radius 2 is 1.64 bits per heavy atom. The van der Waals surface area contributed by atoms with Gasteiger partial charge in [0.2, 0.25) is 0 Å². The Kier molecular flexibility index (Phi) is 7.09. The molecule has 0 heterocycles. The maximum absolute atomic E-state index is 12.6. The third-order valence-electron chi connectivity index (χ3n) is 3.98. The Morgan fingerprint density at radius 1 is 1.00 bits per heavy atom. The lowest BCUT2D eigenvalue weighted by atomic mass is 9.82. The van der Waals surface area contributed by atoms with Crippen molar-refractivity contribution in [3.8, 4) is 5.75 Å². The average molecular weight is 306 g/mol. The van der Waals surface area contributed by atoms with Crippen LogP contribution in [-0.2, 0) is 20.7 Å². The fourth-order valence-corrected chi connectivity index (χ4v) is 2.34. The molecule has 0 fully saturated rings. The number of rotatable bonds is 8. The Bertz CT molecular complexity index is 504. The zero-order valence-electron chi connectivity index (χ0n) is 14.0. The lowest BCUT2D eigenvalue weighted by molar-refractivity contribution is -0.168. The molecule has 4 heteroatoms. The lowest BCUT2D eigenvalue weighted by Crippen LogP contribution is -2.42. The van der Waals surface area contributed by atoms with Crippen LogP contribution in [0.5, 0.6) is 5.75 Å². The van der Waals surface area contributed by atoms with E-state index in [-0.39, 0.29) is 0 Å². The predicted octanol–water partition coefficient (Wildman–Crippen LogP) is 3.91. The van der Waals surface area contributed by atoms with Crippen molar-refractivity contribution < 1.29 is 19.1 Å². The van der Waals surface area contributed by atoms with E-state index < -0.39 is 17.4 Å². The molecule has 0 radical (unpaired) electrons. The first kappa shape index (κ1) is 18.2. The first-order valence-electron chi connectivity index (χ1n) is 8.03. The van der Waals surface area contributed by atoms with Crippen molar-refractivity contribution in [1.29, 1.82) is 0 Å². The number of hydrogen-bond acceptors (Lipinski definition) is 4. The topological polar surface area (TPSA) is 52.6 Å². The average Bonchev–Trinajstić information content (AvgIpc) is 2.55. The second kappa shape index (κ2) is 8.57. The maximum Gasteiger partial charge on any atom is 0.328 e. The van der Waals surface area contributed by atoms with Gasteiger partial charge in [-0.25, -0.2) is 0 Å². The van der Waals surface area contributed by atoms with Gasteiger partial charge in [0.25, 0.3) is 0 Å². The van der Waals surface area contributed by atoms with Gasteiger partial charge >= 0.3 is 11.9 Å². The largest absolute Gasteiger partial charge is 0.465 e. The van der Waals surface area contributed by atoms with Crippen molar-refractivity contribution in [2.45, 2.75) is 53.4 Å². The van der Waals surface area contributed by atoms with E-state index >= 15 is 0 Å². The number of carbonyl (C=O) groups excluding carboxylic acids is 2. The molecule has 0 N–H and O–H groups in total. The first-order chi connectivity index (χ1) is 10.6. The summed E-state index contributed by atoms with van der Waals surface area (Å²) in [5, 5.41) is 0. The van der Waals surface area contributed by atoms with Crippen molar-refractivity contribution >= 4 is 11.9 Å². The summed E-state index contributed by atoms with van der Waals surface area (Å²) in [4.78, 5) is 25.0. The van der Waals surface area contributed by atoms with Crippen LogP contribution in [0.4, 0.5) is 0 Å². The summed E-state index contributed by atoms with van der Waals surface area (Å²) in [5.74, 6) is -0.498. The lowest BCUT2D eigenvalue weighted by Gasteiger charge is -2.27. The van der Waals surface area contributed by atoms with Crippen molar-refractivity contribution in [2.75, 3.05) is 6.61 Å². The molecule has 0 bridgehead atoms. The van der Waals surface area contributed by atoms with Crippen LogP contribution in [0.15, 0.2) is 24.3 Å². The molecule has 0 atom stereocenters. The summed E-state index contributed by atoms with van der Waals surface area (Å²) in [6, 6.07) is 7.39. The molecule has 0 spiro atoms. The normalized spacial score (nSPS) is 11.1. The van der Waals surface area contributed by atoms with Crippen LogP contribution >= 0.6 is 0 Å². The number of benzene rings is 1. The quantitative estimate of drug-likeness (QED) is 0.415. The van der Waals surface area contributed by atoms with E-state index in [9.17, 15) is 9.59 Å². The van der Waals surface area contributed by atoms with Gasteiger partial charge in [-0.15, -0.1) is 0 Å². The van der Waals surface area contributed by atoms with Crippen LogP contribution in [0.1, 0.15) is 52.5 Å². The molecular formula is C18H26O4. The van der Waals surface area contributed by atoms with Crippen LogP contribution in [0, 0.1) is 5.41 Å². The number of hydrogen-bond donors (Lipinski definition) is 0. The number of para-hydroxylation sites is 1. The van der Waals surface area contributed by atoms with Crippen molar-refractivity contribution in [2.24, 2.45) is 5.41 Å². The Hall–Kier alpha value is -1.84. The molecule has 0 saturated carbocycles. The van der Waals surface area contributed by atoms with Crippen molar-refractivity contribution in [3.05, 3.63) is 29.8 Å². The van der Waals surface area contributed by atoms with Gasteiger partial charge in [-0.1, -0.05) is 45.9 Å². The van der Waals surface area contributed by atoms with Crippen LogP contribution < -0.4 is 4.74 Å². The molecule has 22 heavy (non-hydrogen) atoms. The minimum Gasteiger partial charge on any atom is -0.465 e. The van der Waals surface area contributed by atoms with Gasteiger partial charge < -0.3 is 9.47 Å². The molecule has 0 aromatic heterocycles. The van der Waals surface area contributed by atoms with Gasteiger partial charge in [-0.05, 0) is 37.3 Å². The Balaban J connectivity index is 3.00. The number of aryl methyl sites for hydroxylation is 1. The van der Waals surface area contributed by atoms with Crippen molar-refractivity contribution in [1.82, 2.24) is 0 Å². The highest BCUT2D eigenvalue weighted by molar-refractivity contribution is 6.00. The van der Waals surface area contributed by atoms with Gasteiger partial charge in [-0.2, -0.15) is 0 Å². The monoisotopic (exact) mass is 306 g/mol. The molecule has 0 aliphatic carbocycles. The first-order valence-corrected chi connectivity index (χ1v) is 8.03. The molecule has 122 valence electrons. The molecule has 1 aromatic carbocycles. The van der Waals surface area contributed by atoms with Gasteiger partial charge in [0.15, 0.2) is 5.41 Å². The van der Waals surface area contributed by atoms with Crippen molar-refractivity contribution in [3.63, 3.8) is 0 Å². The van der Waals surface area contributed by atoms with Crippen LogP contribution in [0.25, 0.3) is 0 Å². The van der Waals surface area contributed by atoms with E-state index in [1.54, 1.807) is 6.07 Å². The van der Waals surface area contributed by atoms with Gasteiger partial charge in [0, 0.05) is 0 Å². The maximum atomic E-state index is 12.6. The highest BCUT2D eigenvalue weighted by Gasteiger charge is 2.46. The van der Waals surface area contributed by atoms with Gasteiger partial charge in [0.1, 0.15) is 5.75 Å². The standard InChI is InChI=1S/C18H26O4/c1-5-13-21-16(19)18(7-3,8-4)17(20)22-15-12-10-9-11-14(15)6-2/h9-12H,5-8,13H2,1-4H3. The van der Waals surface area contributed by atoms with E-state index in [0.29, 0.717) is 25.2 Å². The number of carbonyl (C=O) groups is 2. The van der Waals surface area contributed by atoms with E-state index in [0.717, 1.165) is 18.4 Å². The molecular weight excluding hydrogens is 280 g/mol. The van der Waals surface area contributed by atoms with Crippen LogP contribution in [0.3, 0.4) is 0 Å². The summed E-state index contributed by atoms with van der Waals surface area (Å²) in [6.45, 7) is 7.85. The molecule has 0 aliphatic heterocycles. The molecule has 0 unspecified atom stereocenters. The minimum absolute atomic E-state index is 0.319. The van der Waals surface area contributed by atoms with Crippen LogP contribution in [0.2, 0.25) is 0 Å². The Labute approximate surface area is 132 Å². The second-order valence-corrected chi connectivity index (χ2v) is 5.28. The third kappa shape index (κ3) is 3.87. The number of esters is 2. The second-order valence-electron chi connectivity index (χ2n) is 5.28. The van der Waals surface area contributed by atoms with Gasteiger partial charge in [-0.3, -0.25) is 9.59 Å². The fourth-order valence-electron chi connectivity index (χ4n) is 2.34. The van der Waals surface area contributed by atoms with E-state index in [1.807, 2.05) is 45.9 Å². The summed E-state index contributed by atoms with van der Waals surface area (Å²) in [6.07, 6.45) is 2.20. The van der Waals surface area contributed by atoms with Gasteiger partial charge in [0.05, 0.1) is 6.61 Å². The smallest absolute Gasteiger partial charge is 0.328 e. The summed E-state index contributed by atoms with van der Waals surface area (Å²) in [5.41, 5.74) is -0.283. The molecule has 1 aromatic rings. The van der Waals surface area contributed by atoms with E-state index in [1.165, 1.54) is 0 Å². The zero-order valence-corrected chi connectivity index (χ0v) is 14.0. The fraction of sp³-hybridized carbons (Fsp3) is 0.556. The Morgan fingerprint density at radius 3 is 2.18 bits per heavy atom. The SMILES string of the molecule is CCCOC(=O)C(CC)(CC)C(=O)Oc1ccccc1CC. The molecule has 0 aliphatic rings. The highest BCUT2D eigenvalue weighted by Crippen LogP contribution is 2.32. The summed E-state index contributed by atoms with van der Waals surface area (Å²) < 4.78 is 10.8. The predicted molar refractivity (Wildman–Crippen MR) is 85.7 cm³/mol. The minimum atomic E-state index is -1.23. The molecule has 0 amide bonds. The van der Waals surface area contributed by atoms with E-state index in [2.05, 4.69) is 0 Å². The molecule has 0 saturated heterocycles. The van der Waals surface area contributed by atoms with Crippen LogP contribution in [-0.4, -0.2) is 18.5 Å². The molecule has 1 rings (SSSR count). The third-order valence-corrected chi connectivity index (χ3v) is 3.98. The van der Waals surface area contributed by atoms with E-state index in [4.69, 9.17) is 9.47 Å². The number of ether oxygens (including phenoxy) is 2. The summed E-state index contributed by atoms with van der Waals surface area (Å²) in [7, 11) is 0. The molecule has 4 nitrogen and oxygen atoms in total. The zero-order chi connectivity index (χ0) is 16.6. The summed E-state index contributed by atoms with van der Waals surface area (Å²) >= 11 is 0. The highest BCUT2D eigenvalue weighted by atomic mass is 16.6.